The fraction of sp³-hybridized carbons (Fsp3) is 0.250. The number of hydrogen-bond donors (Lipinski definition) is 1. The molecular formula is C12H11ClFNO2. The minimum absolute atomic E-state index is 0.0543. The summed E-state index contributed by atoms with van der Waals surface area (Å²) in [4.78, 5) is 0. The molecule has 3 nitrogen and oxygen atoms in total. The van der Waals surface area contributed by atoms with Crippen LogP contribution in [0.1, 0.15) is 12.0 Å². The van der Waals surface area contributed by atoms with Crippen LogP contribution in [0.15, 0.2) is 29.0 Å². The van der Waals surface area contributed by atoms with E-state index < -0.39 is 5.82 Å². The average molecular weight is 256 g/mol. The molecule has 0 atom stereocenters. The minimum atomic E-state index is -0.462. The smallest absolute Gasteiger partial charge is 0.141 e. The summed E-state index contributed by atoms with van der Waals surface area (Å²) in [6.45, 7) is 0.106. The molecule has 0 spiro atoms. The maximum atomic E-state index is 13.0. The Morgan fingerprint density at radius 1 is 1.41 bits per heavy atom. The number of aryl methyl sites for hydroxylation is 1. The van der Waals surface area contributed by atoms with Crippen molar-refractivity contribution < 1.29 is 14.0 Å². The standard InChI is InChI=1S/C12H11ClFNO2/c13-10-6-8(3-4-11(10)14)12-9(2-1-5-16)7-17-15-12/h3-4,6-7,16H,1-2,5H2. The third-order valence-electron chi connectivity index (χ3n) is 2.44. The average Bonchev–Trinajstić information content (AvgIpc) is 2.78. The van der Waals surface area contributed by atoms with E-state index in [9.17, 15) is 4.39 Å². The number of hydrogen-bond acceptors (Lipinski definition) is 3. The summed E-state index contributed by atoms with van der Waals surface area (Å²) >= 11 is 5.71. The highest BCUT2D eigenvalue weighted by atomic mass is 35.5. The molecule has 0 bridgehead atoms. The summed E-state index contributed by atoms with van der Waals surface area (Å²) in [5, 5.41) is 12.7. The molecule has 17 heavy (non-hydrogen) atoms. The van der Waals surface area contributed by atoms with Crippen LogP contribution >= 0.6 is 11.6 Å². The molecule has 1 heterocycles. The Bertz CT molecular complexity index is 513. The van der Waals surface area contributed by atoms with Crippen LogP contribution in [0.5, 0.6) is 0 Å². The number of nitrogens with zero attached hydrogens (tertiary/aromatic N) is 1. The molecule has 0 amide bonds. The molecule has 0 radical (unpaired) electrons. The molecule has 0 aliphatic rings. The highest BCUT2D eigenvalue weighted by Crippen LogP contribution is 2.27. The predicted molar refractivity (Wildman–Crippen MR) is 62.3 cm³/mol. The van der Waals surface area contributed by atoms with Gasteiger partial charge < -0.3 is 9.63 Å². The highest BCUT2D eigenvalue weighted by molar-refractivity contribution is 6.31. The summed E-state index contributed by atoms with van der Waals surface area (Å²) in [7, 11) is 0. The van der Waals surface area contributed by atoms with Gasteiger partial charge in [0.15, 0.2) is 0 Å². The Kier molecular flexibility index (Phi) is 3.76. The molecular weight excluding hydrogens is 245 g/mol. The van der Waals surface area contributed by atoms with E-state index in [-0.39, 0.29) is 11.6 Å². The second kappa shape index (κ2) is 5.29. The second-order valence-corrected chi connectivity index (χ2v) is 4.05. The van der Waals surface area contributed by atoms with Gasteiger partial charge in [0.05, 0.1) is 5.02 Å². The molecule has 1 aromatic carbocycles. The lowest BCUT2D eigenvalue weighted by atomic mass is 10.0. The van der Waals surface area contributed by atoms with Gasteiger partial charge in [0.1, 0.15) is 17.8 Å². The van der Waals surface area contributed by atoms with Crippen molar-refractivity contribution in [3.63, 3.8) is 0 Å². The van der Waals surface area contributed by atoms with E-state index in [4.69, 9.17) is 21.2 Å². The molecule has 5 heteroatoms. The molecule has 1 aromatic heterocycles. The molecule has 1 N–H and O–H groups in total. The van der Waals surface area contributed by atoms with Crippen molar-refractivity contribution in [1.29, 1.82) is 0 Å². The van der Waals surface area contributed by atoms with Gasteiger partial charge in [0, 0.05) is 17.7 Å². The Hall–Kier alpha value is -1.39. The van der Waals surface area contributed by atoms with Crippen LogP contribution in [0, 0.1) is 5.82 Å². The van der Waals surface area contributed by atoms with Crippen LogP contribution in [0.25, 0.3) is 11.3 Å². The van der Waals surface area contributed by atoms with Gasteiger partial charge in [0.25, 0.3) is 0 Å². The van der Waals surface area contributed by atoms with Crippen molar-refractivity contribution in [2.75, 3.05) is 6.61 Å². The van der Waals surface area contributed by atoms with E-state index in [2.05, 4.69) is 5.16 Å². The molecule has 2 aromatic rings. The Morgan fingerprint density at radius 2 is 2.24 bits per heavy atom. The van der Waals surface area contributed by atoms with Crippen LogP contribution in [0.3, 0.4) is 0 Å². The molecule has 0 aliphatic carbocycles. The zero-order valence-electron chi connectivity index (χ0n) is 8.99. The van der Waals surface area contributed by atoms with Gasteiger partial charge in [0.2, 0.25) is 0 Å². The molecule has 0 fully saturated rings. The van der Waals surface area contributed by atoms with Crippen LogP contribution in [0.2, 0.25) is 5.02 Å². The van der Waals surface area contributed by atoms with Crippen molar-refractivity contribution in [2.45, 2.75) is 12.8 Å². The largest absolute Gasteiger partial charge is 0.396 e. The predicted octanol–water partition coefficient (Wildman–Crippen LogP) is 3.06. The normalized spacial score (nSPS) is 10.8. The number of halogens is 2. The van der Waals surface area contributed by atoms with E-state index in [1.54, 1.807) is 6.07 Å². The van der Waals surface area contributed by atoms with Crippen molar-refractivity contribution in [3.8, 4) is 11.3 Å². The SMILES string of the molecule is OCCCc1conc1-c1ccc(F)c(Cl)c1. The van der Waals surface area contributed by atoms with Gasteiger partial charge in [-0.1, -0.05) is 16.8 Å². The first-order valence-corrected chi connectivity index (χ1v) is 5.59. The number of rotatable bonds is 4. The quantitative estimate of drug-likeness (QED) is 0.913. The van der Waals surface area contributed by atoms with Crippen molar-refractivity contribution >= 4 is 11.6 Å². The third-order valence-corrected chi connectivity index (χ3v) is 2.73. The van der Waals surface area contributed by atoms with Gasteiger partial charge in [-0.3, -0.25) is 0 Å². The monoisotopic (exact) mass is 255 g/mol. The van der Waals surface area contributed by atoms with E-state index in [1.165, 1.54) is 18.4 Å². The Balaban J connectivity index is 2.32. The lowest BCUT2D eigenvalue weighted by Gasteiger charge is -2.01. The first kappa shape index (κ1) is 12.1. The van der Waals surface area contributed by atoms with Crippen molar-refractivity contribution in [2.24, 2.45) is 0 Å². The van der Waals surface area contributed by atoms with Gasteiger partial charge in [-0.05, 0) is 31.0 Å². The number of benzene rings is 1. The summed E-state index contributed by atoms with van der Waals surface area (Å²) in [6, 6.07) is 4.40. The minimum Gasteiger partial charge on any atom is -0.396 e. The first-order chi connectivity index (χ1) is 8.22. The summed E-state index contributed by atoms with van der Waals surface area (Å²) in [5.74, 6) is -0.462. The third kappa shape index (κ3) is 2.65. The fourth-order valence-electron chi connectivity index (χ4n) is 1.59. The molecule has 0 saturated heterocycles. The van der Waals surface area contributed by atoms with Gasteiger partial charge in [-0.2, -0.15) is 0 Å². The first-order valence-electron chi connectivity index (χ1n) is 5.22. The van der Waals surface area contributed by atoms with Crippen LogP contribution in [-0.4, -0.2) is 16.9 Å². The van der Waals surface area contributed by atoms with E-state index in [0.717, 1.165) is 5.56 Å². The molecule has 0 saturated carbocycles. The summed E-state index contributed by atoms with van der Waals surface area (Å²) < 4.78 is 17.9. The van der Waals surface area contributed by atoms with Gasteiger partial charge in [-0.25, -0.2) is 4.39 Å². The summed E-state index contributed by atoms with van der Waals surface area (Å²) in [6.07, 6.45) is 2.82. The van der Waals surface area contributed by atoms with E-state index in [1.807, 2.05) is 0 Å². The second-order valence-electron chi connectivity index (χ2n) is 3.64. The van der Waals surface area contributed by atoms with E-state index in [0.29, 0.717) is 24.1 Å². The zero-order chi connectivity index (χ0) is 12.3. The maximum absolute atomic E-state index is 13.0. The Morgan fingerprint density at radius 3 is 2.94 bits per heavy atom. The fourth-order valence-corrected chi connectivity index (χ4v) is 1.77. The lowest BCUT2D eigenvalue weighted by Crippen LogP contribution is -1.91. The van der Waals surface area contributed by atoms with Crippen LogP contribution in [-0.2, 0) is 6.42 Å². The van der Waals surface area contributed by atoms with Crippen LogP contribution < -0.4 is 0 Å². The van der Waals surface area contributed by atoms with Crippen LogP contribution in [0.4, 0.5) is 4.39 Å². The number of aliphatic hydroxyl groups is 1. The van der Waals surface area contributed by atoms with Crippen molar-refractivity contribution in [3.05, 3.63) is 40.9 Å². The van der Waals surface area contributed by atoms with Gasteiger partial charge in [-0.15, -0.1) is 0 Å². The van der Waals surface area contributed by atoms with Crippen molar-refractivity contribution in [1.82, 2.24) is 5.16 Å². The highest BCUT2D eigenvalue weighted by Gasteiger charge is 2.11. The molecule has 90 valence electrons. The zero-order valence-corrected chi connectivity index (χ0v) is 9.75. The maximum Gasteiger partial charge on any atom is 0.141 e. The number of aliphatic hydroxyl groups excluding tert-OH is 1. The van der Waals surface area contributed by atoms with Gasteiger partial charge >= 0.3 is 0 Å². The summed E-state index contributed by atoms with van der Waals surface area (Å²) in [5.41, 5.74) is 2.22. The molecule has 0 aliphatic heterocycles. The molecule has 0 unspecified atom stereocenters. The number of aromatic nitrogens is 1. The lowest BCUT2D eigenvalue weighted by molar-refractivity contribution is 0.288. The molecule has 2 rings (SSSR count). The van der Waals surface area contributed by atoms with E-state index >= 15 is 0 Å². The Labute approximate surface area is 103 Å². The topological polar surface area (TPSA) is 46.3 Å².